The minimum absolute atomic E-state index is 0.309. The average molecular weight is 280 g/mol. The summed E-state index contributed by atoms with van der Waals surface area (Å²) in [4.78, 5) is 0. The Morgan fingerprint density at radius 3 is 2.81 bits per heavy atom. The predicted octanol–water partition coefficient (Wildman–Crippen LogP) is 4.83. The fourth-order valence-electron chi connectivity index (χ4n) is 4.33. The third-order valence-corrected chi connectivity index (χ3v) is 5.23. The second-order valence-corrected chi connectivity index (χ2v) is 7.58. The van der Waals surface area contributed by atoms with Crippen molar-refractivity contribution in [3.05, 3.63) is 58.7 Å². The number of fused-ring (bicyclic) bond motifs is 1. The Labute approximate surface area is 127 Å². The SMILES string of the molecule is CC1(C)CC2=CCCC3=C(Cc4ccccc4)[C@H](C1)O[C@@H]23. The van der Waals surface area contributed by atoms with E-state index in [0.717, 1.165) is 12.8 Å². The Morgan fingerprint density at radius 1 is 1.19 bits per heavy atom. The van der Waals surface area contributed by atoms with Crippen molar-refractivity contribution in [1.29, 1.82) is 0 Å². The first-order valence-electron chi connectivity index (χ1n) is 8.22. The first-order valence-corrected chi connectivity index (χ1v) is 8.22. The molecule has 0 N–H and O–H groups in total. The molecule has 1 saturated heterocycles. The van der Waals surface area contributed by atoms with Crippen LogP contribution < -0.4 is 0 Å². The topological polar surface area (TPSA) is 9.23 Å². The maximum absolute atomic E-state index is 6.47. The Bertz CT molecular complexity index is 606. The van der Waals surface area contributed by atoms with Crippen molar-refractivity contribution in [3.63, 3.8) is 0 Å². The standard InChI is InChI=1S/C20H24O/c1-20(2)12-15-9-6-10-16-17(18(13-20)21-19(15)16)11-14-7-4-3-5-8-14/h3-5,7-9,18-19H,6,10-13H2,1-2H3/t18-,19-/m0/s1. The molecule has 1 aliphatic carbocycles. The molecule has 2 heterocycles. The molecule has 21 heavy (non-hydrogen) atoms. The minimum Gasteiger partial charge on any atom is -0.362 e. The van der Waals surface area contributed by atoms with E-state index in [9.17, 15) is 0 Å². The minimum atomic E-state index is 0.309. The molecule has 1 aromatic rings. The van der Waals surface area contributed by atoms with E-state index in [-0.39, 0.29) is 0 Å². The van der Waals surface area contributed by atoms with Gasteiger partial charge in [-0.05, 0) is 59.8 Å². The third kappa shape index (κ3) is 2.38. The monoisotopic (exact) mass is 280 g/mol. The van der Waals surface area contributed by atoms with Gasteiger partial charge in [0.05, 0.1) is 6.10 Å². The maximum Gasteiger partial charge on any atom is 0.101 e. The molecule has 1 aromatic carbocycles. The quantitative estimate of drug-likeness (QED) is 0.705. The highest BCUT2D eigenvalue weighted by Gasteiger charge is 2.43. The number of hydrogen-bond donors (Lipinski definition) is 0. The Kier molecular flexibility index (Phi) is 3.08. The van der Waals surface area contributed by atoms with E-state index in [0.29, 0.717) is 17.6 Å². The Balaban J connectivity index is 1.73. The summed E-state index contributed by atoms with van der Waals surface area (Å²) in [5.41, 5.74) is 6.52. The van der Waals surface area contributed by atoms with Crippen LogP contribution in [0.3, 0.4) is 0 Å². The summed E-state index contributed by atoms with van der Waals surface area (Å²) in [5, 5.41) is 0. The second kappa shape index (κ2) is 4.84. The number of ether oxygens (including phenoxy) is 1. The van der Waals surface area contributed by atoms with Gasteiger partial charge in [0.2, 0.25) is 0 Å². The van der Waals surface area contributed by atoms with Gasteiger partial charge in [-0.2, -0.15) is 0 Å². The van der Waals surface area contributed by atoms with Gasteiger partial charge < -0.3 is 4.74 Å². The smallest absolute Gasteiger partial charge is 0.101 e. The van der Waals surface area contributed by atoms with Crippen molar-refractivity contribution in [2.24, 2.45) is 5.41 Å². The van der Waals surface area contributed by atoms with Gasteiger partial charge in [0.1, 0.15) is 6.10 Å². The molecule has 4 rings (SSSR count). The van der Waals surface area contributed by atoms with E-state index in [4.69, 9.17) is 4.74 Å². The summed E-state index contributed by atoms with van der Waals surface area (Å²) in [6.45, 7) is 4.79. The molecular formula is C20H24O. The molecule has 2 atom stereocenters. The number of benzene rings is 1. The van der Waals surface area contributed by atoms with Crippen LogP contribution >= 0.6 is 0 Å². The number of hydrogen-bond acceptors (Lipinski definition) is 1. The van der Waals surface area contributed by atoms with Gasteiger partial charge in [0.15, 0.2) is 0 Å². The molecule has 0 amide bonds. The Morgan fingerprint density at radius 2 is 2.00 bits per heavy atom. The van der Waals surface area contributed by atoms with E-state index in [1.807, 2.05) is 0 Å². The van der Waals surface area contributed by atoms with Gasteiger partial charge in [-0.25, -0.2) is 0 Å². The normalized spacial score (nSPS) is 30.1. The van der Waals surface area contributed by atoms with E-state index >= 15 is 0 Å². The van der Waals surface area contributed by atoms with E-state index in [1.165, 1.54) is 24.8 Å². The molecule has 0 spiro atoms. The van der Waals surface area contributed by atoms with Crippen molar-refractivity contribution in [2.75, 3.05) is 0 Å². The lowest BCUT2D eigenvalue weighted by molar-refractivity contribution is 0.0613. The molecule has 3 aliphatic rings. The lowest BCUT2D eigenvalue weighted by Crippen LogP contribution is -2.23. The molecule has 1 fully saturated rings. The maximum atomic E-state index is 6.47. The summed E-state index contributed by atoms with van der Waals surface area (Å²) in [6, 6.07) is 10.9. The number of allylic oxidation sites excluding steroid dienone is 1. The van der Waals surface area contributed by atoms with Crippen molar-refractivity contribution in [1.82, 2.24) is 0 Å². The van der Waals surface area contributed by atoms with Crippen molar-refractivity contribution in [2.45, 2.75) is 58.2 Å². The predicted molar refractivity (Wildman–Crippen MR) is 86.2 cm³/mol. The van der Waals surface area contributed by atoms with Crippen LogP contribution in [0.2, 0.25) is 0 Å². The summed E-state index contributed by atoms with van der Waals surface area (Å²) >= 11 is 0. The van der Waals surface area contributed by atoms with Crippen molar-refractivity contribution < 1.29 is 4.74 Å². The van der Waals surface area contributed by atoms with Crippen LogP contribution in [-0.2, 0) is 11.2 Å². The Hall–Kier alpha value is -1.34. The zero-order valence-corrected chi connectivity index (χ0v) is 13.1. The van der Waals surface area contributed by atoms with Crippen LogP contribution in [0.15, 0.2) is 53.1 Å². The molecule has 0 radical (unpaired) electrons. The van der Waals surface area contributed by atoms with Crippen LogP contribution in [0.1, 0.15) is 45.1 Å². The fourth-order valence-corrected chi connectivity index (χ4v) is 4.33. The van der Waals surface area contributed by atoms with Crippen molar-refractivity contribution in [3.8, 4) is 0 Å². The third-order valence-electron chi connectivity index (χ3n) is 5.23. The largest absolute Gasteiger partial charge is 0.362 e. The van der Waals surface area contributed by atoms with Gasteiger partial charge in [-0.3, -0.25) is 0 Å². The second-order valence-electron chi connectivity index (χ2n) is 7.58. The summed E-state index contributed by atoms with van der Waals surface area (Å²) < 4.78 is 6.47. The summed E-state index contributed by atoms with van der Waals surface area (Å²) in [6.07, 6.45) is 8.93. The van der Waals surface area contributed by atoms with Gasteiger partial charge >= 0.3 is 0 Å². The molecule has 0 saturated carbocycles. The van der Waals surface area contributed by atoms with Crippen LogP contribution in [0, 0.1) is 5.41 Å². The van der Waals surface area contributed by atoms with Crippen LogP contribution in [-0.4, -0.2) is 12.2 Å². The zero-order chi connectivity index (χ0) is 14.4. The number of rotatable bonds is 2. The molecule has 2 bridgehead atoms. The highest BCUT2D eigenvalue weighted by Crippen LogP contribution is 2.49. The van der Waals surface area contributed by atoms with Crippen LogP contribution in [0.5, 0.6) is 0 Å². The first-order chi connectivity index (χ1) is 10.1. The van der Waals surface area contributed by atoms with E-state index < -0.39 is 0 Å². The highest BCUT2D eigenvalue weighted by molar-refractivity contribution is 5.42. The van der Waals surface area contributed by atoms with Crippen molar-refractivity contribution >= 4 is 0 Å². The molecule has 1 heteroatoms. The molecular weight excluding hydrogens is 256 g/mol. The summed E-state index contributed by atoms with van der Waals surface area (Å²) in [7, 11) is 0. The van der Waals surface area contributed by atoms with Crippen LogP contribution in [0.4, 0.5) is 0 Å². The molecule has 1 nitrogen and oxygen atoms in total. The fraction of sp³-hybridized carbons (Fsp3) is 0.500. The molecule has 0 unspecified atom stereocenters. The first kappa shape index (κ1) is 13.3. The molecule has 110 valence electrons. The van der Waals surface area contributed by atoms with E-state index in [2.05, 4.69) is 50.3 Å². The van der Waals surface area contributed by atoms with Crippen LogP contribution in [0.25, 0.3) is 0 Å². The molecule has 0 aromatic heterocycles. The van der Waals surface area contributed by atoms with Gasteiger partial charge in [0.25, 0.3) is 0 Å². The van der Waals surface area contributed by atoms with Gasteiger partial charge in [-0.1, -0.05) is 50.3 Å². The lowest BCUT2D eigenvalue weighted by Gasteiger charge is -2.30. The average Bonchev–Trinajstić information content (AvgIpc) is 2.71. The van der Waals surface area contributed by atoms with E-state index in [1.54, 1.807) is 16.7 Å². The zero-order valence-electron chi connectivity index (χ0n) is 13.1. The van der Waals surface area contributed by atoms with Gasteiger partial charge in [0, 0.05) is 0 Å². The molecule has 2 aliphatic heterocycles. The highest BCUT2D eigenvalue weighted by atomic mass is 16.5. The lowest BCUT2D eigenvalue weighted by atomic mass is 9.73. The summed E-state index contributed by atoms with van der Waals surface area (Å²) in [5.74, 6) is 0. The van der Waals surface area contributed by atoms with Gasteiger partial charge in [-0.15, -0.1) is 0 Å².